The number of ether oxygens (including phenoxy) is 2. The molecule has 1 aromatic rings. The van der Waals surface area contributed by atoms with Crippen molar-refractivity contribution in [2.24, 2.45) is 11.7 Å². The number of hydrogen-bond donors (Lipinski definition) is 1. The Labute approximate surface area is 116 Å². The van der Waals surface area contributed by atoms with Gasteiger partial charge in [0.05, 0.1) is 0 Å². The van der Waals surface area contributed by atoms with Gasteiger partial charge in [-0.05, 0) is 36.5 Å². The van der Waals surface area contributed by atoms with Crippen LogP contribution >= 0.6 is 12.4 Å². The van der Waals surface area contributed by atoms with Crippen molar-refractivity contribution in [2.75, 3.05) is 0 Å². The van der Waals surface area contributed by atoms with Gasteiger partial charge in [0.2, 0.25) is 0 Å². The summed E-state index contributed by atoms with van der Waals surface area (Å²) < 4.78 is 34.6. The highest BCUT2D eigenvalue weighted by Gasteiger charge is 2.43. The molecule has 3 nitrogen and oxygen atoms in total. The molecule has 19 heavy (non-hydrogen) atoms. The minimum absolute atomic E-state index is 0. The van der Waals surface area contributed by atoms with E-state index in [1.807, 2.05) is 0 Å². The molecule has 1 atom stereocenters. The molecule has 2 N–H and O–H groups in total. The Morgan fingerprint density at radius 2 is 1.79 bits per heavy atom. The molecule has 0 saturated heterocycles. The smallest absolute Gasteiger partial charge is 0.395 e. The molecular weight excluding hydrogens is 276 g/mol. The Balaban J connectivity index is 0.00000133. The molecular formula is C13H16ClF2NO2. The van der Waals surface area contributed by atoms with Gasteiger partial charge in [0.1, 0.15) is 0 Å². The predicted octanol–water partition coefficient (Wildman–Crippen LogP) is 3.62. The standard InChI is InChI=1S/C13H15F2NO2.ClH/c14-13(15)17-10-6-5-9(7-11(10)18-13)12(16)8-3-1-2-4-8;/h5-8,12H,1-4,16H2;1H/t12-;/m1./s1. The Kier molecular flexibility index (Phi) is 3.87. The summed E-state index contributed by atoms with van der Waals surface area (Å²) in [6.07, 6.45) is 1.04. The number of rotatable bonds is 2. The summed E-state index contributed by atoms with van der Waals surface area (Å²) in [6.45, 7) is 0. The van der Waals surface area contributed by atoms with Crippen LogP contribution in [0.1, 0.15) is 37.3 Å². The molecule has 2 aliphatic rings. The van der Waals surface area contributed by atoms with Crippen molar-refractivity contribution in [2.45, 2.75) is 38.0 Å². The normalized spacial score (nSPS) is 22.1. The quantitative estimate of drug-likeness (QED) is 0.905. The molecule has 1 fully saturated rings. The third kappa shape index (κ3) is 2.77. The number of alkyl halides is 2. The maximum Gasteiger partial charge on any atom is 0.586 e. The molecule has 0 aromatic heterocycles. The van der Waals surface area contributed by atoms with E-state index in [1.165, 1.54) is 18.9 Å². The molecule has 6 heteroatoms. The van der Waals surface area contributed by atoms with Gasteiger partial charge in [-0.2, -0.15) is 0 Å². The van der Waals surface area contributed by atoms with Gasteiger partial charge in [0, 0.05) is 6.04 Å². The first-order valence-corrected chi connectivity index (χ1v) is 6.20. The fourth-order valence-corrected chi connectivity index (χ4v) is 2.76. The van der Waals surface area contributed by atoms with Gasteiger partial charge in [0.15, 0.2) is 11.5 Å². The Hall–Kier alpha value is -1.07. The summed E-state index contributed by atoms with van der Waals surface area (Å²) >= 11 is 0. The molecule has 1 aliphatic carbocycles. The number of benzene rings is 1. The first-order chi connectivity index (χ1) is 8.55. The van der Waals surface area contributed by atoms with Crippen LogP contribution < -0.4 is 15.2 Å². The van der Waals surface area contributed by atoms with E-state index in [-0.39, 0.29) is 29.9 Å². The lowest BCUT2D eigenvalue weighted by atomic mass is 9.92. The van der Waals surface area contributed by atoms with Crippen molar-refractivity contribution in [3.05, 3.63) is 23.8 Å². The molecule has 106 valence electrons. The van der Waals surface area contributed by atoms with Crippen LogP contribution in [0.4, 0.5) is 8.78 Å². The first kappa shape index (κ1) is 14.3. The number of hydrogen-bond acceptors (Lipinski definition) is 3. The Morgan fingerprint density at radius 1 is 1.16 bits per heavy atom. The summed E-state index contributed by atoms with van der Waals surface area (Å²) in [7, 11) is 0. The Bertz CT molecular complexity index is 464. The van der Waals surface area contributed by atoms with E-state index in [4.69, 9.17) is 5.73 Å². The van der Waals surface area contributed by atoms with Gasteiger partial charge in [0.25, 0.3) is 0 Å². The topological polar surface area (TPSA) is 44.5 Å². The van der Waals surface area contributed by atoms with Crippen LogP contribution in [-0.2, 0) is 0 Å². The van der Waals surface area contributed by atoms with Crippen molar-refractivity contribution in [3.63, 3.8) is 0 Å². The van der Waals surface area contributed by atoms with Crippen LogP contribution in [0.25, 0.3) is 0 Å². The second-order valence-corrected chi connectivity index (χ2v) is 4.94. The van der Waals surface area contributed by atoms with Crippen molar-refractivity contribution in [1.82, 2.24) is 0 Å². The average molecular weight is 292 g/mol. The fraction of sp³-hybridized carbons (Fsp3) is 0.538. The van der Waals surface area contributed by atoms with Gasteiger partial charge >= 0.3 is 6.29 Å². The van der Waals surface area contributed by atoms with E-state index in [2.05, 4.69) is 9.47 Å². The van der Waals surface area contributed by atoms with Crippen molar-refractivity contribution >= 4 is 12.4 Å². The van der Waals surface area contributed by atoms with Crippen LogP contribution in [0.5, 0.6) is 11.5 Å². The van der Waals surface area contributed by atoms with E-state index >= 15 is 0 Å². The summed E-state index contributed by atoms with van der Waals surface area (Å²) in [4.78, 5) is 0. The highest BCUT2D eigenvalue weighted by atomic mass is 35.5. The van der Waals surface area contributed by atoms with Crippen LogP contribution in [0, 0.1) is 5.92 Å². The summed E-state index contributed by atoms with van der Waals surface area (Å²) in [5.41, 5.74) is 7.01. The maximum absolute atomic E-state index is 12.9. The lowest BCUT2D eigenvalue weighted by Crippen LogP contribution is -2.26. The van der Waals surface area contributed by atoms with Gasteiger partial charge in [-0.15, -0.1) is 21.2 Å². The zero-order valence-electron chi connectivity index (χ0n) is 10.3. The second kappa shape index (κ2) is 5.13. The van der Waals surface area contributed by atoms with E-state index in [1.54, 1.807) is 12.1 Å². The largest absolute Gasteiger partial charge is 0.586 e. The predicted molar refractivity (Wildman–Crippen MR) is 68.8 cm³/mol. The average Bonchev–Trinajstić information content (AvgIpc) is 2.91. The number of fused-ring (bicyclic) bond motifs is 1. The highest BCUT2D eigenvalue weighted by molar-refractivity contribution is 5.85. The van der Waals surface area contributed by atoms with Gasteiger partial charge in [-0.1, -0.05) is 18.9 Å². The van der Waals surface area contributed by atoms with Crippen LogP contribution in [0.2, 0.25) is 0 Å². The molecule has 0 spiro atoms. The van der Waals surface area contributed by atoms with Crippen molar-refractivity contribution < 1.29 is 18.3 Å². The Morgan fingerprint density at radius 3 is 2.47 bits per heavy atom. The van der Waals surface area contributed by atoms with E-state index in [0.29, 0.717) is 5.92 Å². The minimum atomic E-state index is -3.56. The molecule has 1 aliphatic heterocycles. The maximum atomic E-state index is 12.9. The van der Waals surface area contributed by atoms with Gasteiger partial charge in [-0.25, -0.2) is 0 Å². The van der Waals surface area contributed by atoms with Gasteiger partial charge in [-0.3, -0.25) is 0 Å². The van der Waals surface area contributed by atoms with Crippen molar-refractivity contribution in [3.8, 4) is 11.5 Å². The van der Waals surface area contributed by atoms with E-state index < -0.39 is 6.29 Å². The lowest BCUT2D eigenvalue weighted by Gasteiger charge is -2.19. The molecule has 0 bridgehead atoms. The van der Waals surface area contributed by atoms with E-state index in [0.717, 1.165) is 18.4 Å². The SMILES string of the molecule is Cl.N[C@@H](c1ccc2c(c1)OC(F)(F)O2)C1CCCC1. The third-order valence-electron chi connectivity index (χ3n) is 3.72. The van der Waals surface area contributed by atoms with Crippen LogP contribution in [-0.4, -0.2) is 6.29 Å². The molecule has 1 aromatic carbocycles. The minimum Gasteiger partial charge on any atom is -0.395 e. The molecule has 1 heterocycles. The highest BCUT2D eigenvalue weighted by Crippen LogP contribution is 2.43. The molecule has 0 amide bonds. The summed E-state index contributed by atoms with van der Waals surface area (Å²) in [6, 6.07) is 4.70. The summed E-state index contributed by atoms with van der Waals surface area (Å²) in [5.74, 6) is 0.583. The summed E-state index contributed by atoms with van der Waals surface area (Å²) in [5, 5.41) is 0. The number of halogens is 3. The van der Waals surface area contributed by atoms with E-state index in [9.17, 15) is 8.78 Å². The molecule has 3 rings (SSSR count). The number of nitrogens with two attached hydrogens (primary N) is 1. The van der Waals surface area contributed by atoms with Gasteiger partial charge < -0.3 is 15.2 Å². The first-order valence-electron chi connectivity index (χ1n) is 6.20. The van der Waals surface area contributed by atoms with Crippen LogP contribution in [0.3, 0.4) is 0 Å². The molecule has 0 unspecified atom stereocenters. The monoisotopic (exact) mass is 291 g/mol. The third-order valence-corrected chi connectivity index (χ3v) is 3.72. The molecule has 1 saturated carbocycles. The lowest BCUT2D eigenvalue weighted by molar-refractivity contribution is -0.286. The van der Waals surface area contributed by atoms with Crippen LogP contribution in [0.15, 0.2) is 18.2 Å². The zero-order chi connectivity index (χ0) is 12.8. The second-order valence-electron chi connectivity index (χ2n) is 4.94. The van der Waals surface area contributed by atoms with Crippen molar-refractivity contribution in [1.29, 1.82) is 0 Å². The zero-order valence-corrected chi connectivity index (χ0v) is 11.1. The fourth-order valence-electron chi connectivity index (χ4n) is 2.76. The molecule has 0 radical (unpaired) electrons.